The van der Waals surface area contributed by atoms with Gasteiger partial charge in [0.25, 0.3) is 0 Å². The lowest BCUT2D eigenvalue weighted by Crippen LogP contribution is -2.36. The summed E-state index contributed by atoms with van der Waals surface area (Å²) in [7, 11) is 0. The average Bonchev–Trinajstić information content (AvgIpc) is 3.41. The van der Waals surface area contributed by atoms with E-state index >= 15 is 0 Å². The second-order valence-electron chi connectivity index (χ2n) is 7.35. The fraction of sp³-hybridized carbons (Fsp3) is 0.250. The lowest BCUT2D eigenvalue weighted by atomic mass is 10.2. The van der Waals surface area contributed by atoms with Gasteiger partial charge in [0.2, 0.25) is 0 Å². The molecule has 1 aliphatic rings. The van der Waals surface area contributed by atoms with Crippen molar-refractivity contribution in [2.45, 2.75) is 6.10 Å². The number of carboxylic acid groups (broad SMARTS) is 1. The Hall–Kier alpha value is -3.99. The quantitative estimate of drug-likeness (QED) is 0.452. The molecule has 1 aliphatic heterocycles. The molecule has 1 atom stereocenters. The number of aromatic amines is 1. The summed E-state index contributed by atoms with van der Waals surface area (Å²) in [6.07, 6.45) is 5.15. The first kappa shape index (κ1) is 19.0. The van der Waals surface area contributed by atoms with Gasteiger partial charge in [0, 0.05) is 43.0 Å². The molecule has 0 aromatic carbocycles. The van der Waals surface area contributed by atoms with Crippen molar-refractivity contribution >= 4 is 22.8 Å². The van der Waals surface area contributed by atoms with E-state index in [2.05, 4.69) is 20.3 Å². The first-order valence-electron chi connectivity index (χ1n) is 9.80. The van der Waals surface area contributed by atoms with E-state index in [1.54, 1.807) is 29.5 Å². The van der Waals surface area contributed by atoms with Crippen LogP contribution in [0.25, 0.3) is 28.0 Å². The summed E-state index contributed by atoms with van der Waals surface area (Å²) >= 11 is 0. The normalized spacial score (nSPS) is 17.1. The number of nitrogens with zero attached hydrogens (tertiary/aromatic N) is 7. The van der Waals surface area contributed by atoms with Crippen molar-refractivity contribution < 1.29 is 15.0 Å². The zero-order chi connectivity index (χ0) is 21.4. The van der Waals surface area contributed by atoms with E-state index < -0.39 is 12.2 Å². The molecule has 0 spiro atoms. The molecule has 4 aromatic rings. The highest BCUT2D eigenvalue weighted by Gasteiger charge is 2.25. The van der Waals surface area contributed by atoms with Crippen molar-refractivity contribution in [2.75, 3.05) is 31.1 Å². The minimum atomic E-state index is -1.03. The van der Waals surface area contributed by atoms with Gasteiger partial charge in [-0.2, -0.15) is 10.2 Å². The number of aliphatic hydroxyl groups is 1. The Kier molecular flexibility index (Phi) is 4.71. The standard InChI is InChI=1S/C20H20N8O3/c29-15-11-26(4-5-27(12-15)20(30)31)18-2-1-3-19(25-18)28-17-6-16(13-8-22-23-9-13)21-7-14(17)10-24-28/h1-3,6-10,15,29H,4-5,11-12H2,(H,22,23)(H,30,31). The van der Waals surface area contributed by atoms with Crippen molar-refractivity contribution in [3.8, 4) is 17.1 Å². The molecule has 1 amide bonds. The summed E-state index contributed by atoms with van der Waals surface area (Å²) in [5.41, 5.74) is 2.49. The second kappa shape index (κ2) is 7.69. The van der Waals surface area contributed by atoms with Gasteiger partial charge in [-0.25, -0.2) is 14.5 Å². The van der Waals surface area contributed by atoms with Gasteiger partial charge in [0.1, 0.15) is 5.82 Å². The topological polar surface area (TPSA) is 136 Å². The Labute approximate surface area is 176 Å². The number of carbonyl (C=O) groups is 1. The lowest BCUT2D eigenvalue weighted by Gasteiger charge is -2.23. The van der Waals surface area contributed by atoms with Crippen molar-refractivity contribution in [1.29, 1.82) is 0 Å². The Morgan fingerprint density at radius 1 is 1.13 bits per heavy atom. The van der Waals surface area contributed by atoms with Crippen molar-refractivity contribution in [2.24, 2.45) is 0 Å². The summed E-state index contributed by atoms with van der Waals surface area (Å²) < 4.78 is 1.74. The molecule has 5 heterocycles. The van der Waals surface area contributed by atoms with Crippen molar-refractivity contribution in [1.82, 2.24) is 34.8 Å². The molecule has 11 nitrogen and oxygen atoms in total. The van der Waals surface area contributed by atoms with Gasteiger partial charge in [0.05, 0.1) is 36.3 Å². The number of aliphatic hydroxyl groups excluding tert-OH is 1. The third-order valence-corrected chi connectivity index (χ3v) is 5.28. The van der Waals surface area contributed by atoms with Crippen LogP contribution >= 0.6 is 0 Å². The number of H-pyrrole nitrogens is 1. The number of hydrogen-bond acceptors (Lipinski definition) is 7. The monoisotopic (exact) mass is 420 g/mol. The zero-order valence-electron chi connectivity index (χ0n) is 16.5. The van der Waals surface area contributed by atoms with Gasteiger partial charge in [-0.1, -0.05) is 6.07 Å². The number of pyridine rings is 2. The number of β-amino-alcohol motifs (C(OH)–C–C–N with tert-alkyl or cyclic N) is 1. The molecular formula is C20H20N8O3. The third-order valence-electron chi connectivity index (χ3n) is 5.28. The highest BCUT2D eigenvalue weighted by Crippen LogP contribution is 2.24. The van der Waals surface area contributed by atoms with Crippen LogP contribution in [0.15, 0.2) is 49.1 Å². The number of hydrogen-bond donors (Lipinski definition) is 3. The molecule has 4 aromatic heterocycles. The maximum absolute atomic E-state index is 11.3. The number of anilines is 1. The lowest BCUT2D eigenvalue weighted by molar-refractivity contribution is 0.110. The minimum Gasteiger partial charge on any atom is -0.465 e. The van der Waals surface area contributed by atoms with Crippen LogP contribution in [0, 0.1) is 0 Å². The van der Waals surface area contributed by atoms with E-state index in [0.717, 1.165) is 22.2 Å². The zero-order valence-corrected chi connectivity index (χ0v) is 16.5. The molecule has 1 saturated heterocycles. The van der Waals surface area contributed by atoms with Crippen LogP contribution in [0.2, 0.25) is 0 Å². The van der Waals surface area contributed by atoms with Crippen molar-refractivity contribution in [3.63, 3.8) is 0 Å². The summed E-state index contributed by atoms with van der Waals surface area (Å²) in [4.78, 5) is 23.6. The Balaban J connectivity index is 1.48. The van der Waals surface area contributed by atoms with Crippen LogP contribution in [0.4, 0.5) is 10.6 Å². The Bertz CT molecular complexity index is 1220. The van der Waals surface area contributed by atoms with Crippen LogP contribution in [0.1, 0.15) is 0 Å². The highest BCUT2D eigenvalue weighted by atomic mass is 16.4. The minimum absolute atomic E-state index is 0.0824. The number of amides is 1. The highest BCUT2D eigenvalue weighted by molar-refractivity contribution is 5.83. The molecule has 11 heteroatoms. The molecular weight excluding hydrogens is 400 g/mol. The molecule has 0 aliphatic carbocycles. The number of nitrogens with one attached hydrogen (secondary N) is 1. The fourth-order valence-corrected chi connectivity index (χ4v) is 3.73. The largest absolute Gasteiger partial charge is 0.465 e. The first-order valence-corrected chi connectivity index (χ1v) is 9.80. The second-order valence-corrected chi connectivity index (χ2v) is 7.35. The van der Waals surface area contributed by atoms with Crippen LogP contribution in [-0.2, 0) is 0 Å². The fourth-order valence-electron chi connectivity index (χ4n) is 3.73. The predicted molar refractivity (Wildman–Crippen MR) is 112 cm³/mol. The molecule has 158 valence electrons. The van der Waals surface area contributed by atoms with Crippen molar-refractivity contribution in [3.05, 3.63) is 49.1 Å². The van der Waals surface area contributed by atoms with Gasteiger partial charge in [0.15, 0.2) is 5.82 Å². The maximum Gasteiger partial charge on any atom is 0.407 e. The first-order chi connectivity index (χ1) is 15.1. The summed E-state index contributed by atoms with van der Waals surface area (Å²) in [6, 6.07) is 7.50. The SMILES string of the molecule is O=C(O)N1CCN(c2cccc(-n3ncc4cnc(-c5cn[nH]c5)cc43)n2)CC(O)C1. The predicted octanol–water partition coefficient (Wildman–Crippen LogP) is 1.37. The molecule has 1 fully saturated rings. The van der Waals surface area contributed by atoms with Crippen LogP contribution < -0.4 is 4.90 Å². The van der Waals surface area contributed by atoms with Gasteiger partial charge in [-0.3, -0.25) is 10.1 Å². The van der Waals surface area contributed by atoms with E-state index in [4.69, 9.17) is 4.98 Å². The summed E-state index contributed by atoms with van der Waals surface area (Å²) in [5.74, 6) is 1.27. The van der Waals surface area contributed by atoms with E-state index in [1.165, 1.54) is 4.90 Å². The Morgan fingerprint density at radius 3 is 2.81 bits per heavy atom. The van der Waals surface area contributed by atoms with Crippen LogP contribution in [0.3, 0.4) is 0 Å². The van der Waals surface area contributed by atoms with Gasteiger partial charge < -0.3 is 20.0 Å². The van der Waals surface area contributed by atoms with Gasteiger partial charge in [-0.05, 0) is 18.2 Å². The molecule has 0 radical (unpaired) electrons. The maximum atomic E-state index is 11.3. The molecule has 0 bridgehead atoms. The third kappa shape index (κ3) is 3.66. The molecule has 0 saturated carbocycles. The van der Waals surface area contributed by atoms with E-state index in [1.807, 2.05) is 29.2 Å². The van der Waals surface area contributed by atoms with Gasteiger partial charge in [-0.15, -0.1) is 0 Å². The molecule has 1 unspecified atom stereocenters. The molecule has 31 heavy (non-hydrogen) atoms. The van der Waals surface area contributed by atoms with E-state index in [-0.39, 0.29) is 6.54 Å². The molecule has 3 N–H and O–H groups in total. The van der Waals surface area contributed by atoms with Crippen LogP contribution in [-0.4, -0.2) is 83.4 Å². The van der Waals surface area contributed by atoms with Crippen LogP contribution in [0.5, 0.6) is 0 Å². The number of rotatable bonds is 3. The van der Waals surface area contributed by atoms with Gasteiger partial charge >= 0.3 is 6.09 Å². The summed E-state index contributed by atoms with van der Waals surface area (Å²) in [5, 5.41) is 31.6. The smallest absolute Gasteiger partial charge is 0.407 e. The summed E-state index contributed by atoms with van der Waals surface area (Å²) in [6.45, 7) is 1.12. The molecule has 5 rings (SSSR count). The average molecular weight is 420 g/mol. The number of fused-ring (bicyclic) bond motifs is 1. The van der Waals surface area contributed by atoms with E-state index in [9.17, 15) is 15.0 Å². The number of aromatic nitrogens is 6. The van der Waals surface area contributed by atoms with E-state index in [0.29, 0.717) is 31.3 Å². The Morgan fingerprint density at radius 2 is 2.00 bits per heavy atom.